The van der Waals surface area contributed by atoms with Gasteiger partial charge in [0.15, 0.2) is 16.6 Å². The maximum atomic E-state index is 12.2. The normalized spacial score (nSPS) is 14.1. The van der Waals surface area contributed by atoms with E-state index >= 15 is 0 Å². The SMILES string of the molecule is C=C(C)C(=O)OC(COCCC[Si](C)(C)O[Si](C)(C)O[Si](C)(C)O[Si](C)(C)O[Si](C)(C)CCCC)COCC[N+](C)(C)CCCC.[Br-]. The highest BCUT2D eigenvalue weighted by Crippen LogP contribution is 2.28. The minimum absolute atomic E-state index is 0. The van der Waals surface area contributed by atoms with Gasteiger partial charge in [0.05, 0.1) is 40.5 Å². The monoisotopic (exact) mass is 819 g/mol. The second-order valence-electron chi connectivity index (χ2n) is 16.0. The van der Waals surface area contributed by atoms with Gasteiger partial charge in [-0.1, -0.05) is 39.7 Å². The Kier molecular flexibility index (Phi) is 23.7. The van der Waals surface area contributed by atoms with Crippen LogP contribution in [0.2, 0.25) is 77.6 Å². The first-order valence-electron chi connectivity index (χ1n) is 17.5. The van der Waals surface area contributed by atoms with Crippen LogP contribution in [0.25, 0.3) is 0 Å². The van der Waals surface area contributed by atoms with Crippen molar-refractivity contribution in [2.45, 2.75) is 137 Å². The molecule has 0 rings (SSSR count). The van der Waals surface area contributed by atoms with Crippen LogP contribution in [0.3, 0.4) is 0 Å². The molecule has 0 spiro atoms. The molecule has 0 saturated heterocycles. The van der Waals surface area contributed by atoms with E-state index in [9.17, 15) is 4.79 Å². The van der Waals surface area contributed by atoms with Crippen LogP contribution in [0.15, 0.2) is 12.2 Å². The van der Waals surface area contributed by atoms with Gasteiger partial charge >= 0.3 is 31.7 Å². The van der Waals surface area contributed by atoms with Crippen LogP contribution in [-0.4, -0.2) is 112 Å². The van der Waals surface area contributed by atoms with Crippen molar-refractivity contribution >= 4 is 48.3 Å². The smallest absolute Gasteiger partial charge is 0.333 e. The van der Waals surface area contributed by atoms with Gasteiger partial charge in [-0.3, -0.25) is 0 Å². The predicted molar refractivity (Wildman–Crippen MR) is 204 cm³/mol. The number of carbonyl (C=O) groups is 1. The summed E-state index contributed by atoms with van der Waals surface area (Å²) < 4.78 is 45.4. The Morgan fingerprint density at radius 2 is 1.09 bits per heavy atom. The van der Waals surface area contributed by atoms with Crippen molar-refractivity contribution in [2.24, 2.45) is 0 Å². The summed E-state index contributed by atoms with van der Waals surface area (Å²) in [7, 11) is -6.66. The second kappa shape index (κ2) is 22.4. The topological polar surface area (TPSA) is 81.7 Å². The largest absolute Gasteiger partial charge is 1.00 e. The van der Waals surface area contributed by atoms with Crippen molar-refractivity contribution in [3.05, 3.63) is 12.2 Å². The van der Waals surface area contributed by atoms with E-state index in [0.29, 0.717) is 25.4 Å². The summed E-state index contributed by atoms with van der Waals surface area (Å²) in [6, 6.07) is 2.10. The van der Waals surface area contributed by atoms with E-state index in [1.54, 1.807) is 6.92 Å². The number of likely N-dealkylation sites (N-methyl/N-ethyl adjacent to an activating group) is 1. The number of rotatable bonds is 27. The number of hydrogen-bond acceptors (Lipinski definition) is 8. The lowest BCUT2D eigenvalue weighted by molar-refractivity contribution is -0.890. The lowest BCUT2D eigenvalue weighted by Crippen LogP contribution is -3.00. The maximum absolute atomic E-state index is 12.2. The Morgan fingerprint density at radius 3 is 1.53 bits per heavy atom. The van der Waals surface area contributed by atoms with Crippen LogP contribution in [0.5, 0.6) is 0 Å². The number of quaternary nitrogens is 1. The second-order valence-corrected chi connectivity index (χ2v) is 35.7. The first-order valence-corrected chi connectivity index (χ1v) is 32.2. The van der Waals surface area contributed by atoms with Crippen molar-refractivity contribution in [2.75, 3.05) is 53.6 Å². The van der Waals surface area contributed by atoms with Crippen LogP contribution in [0.4, 0.5) is 0 Å². The van der Waals surface area contributed by atoms with Gasteiger partial charge in [-0.2, -0.15) is 0 Å². The molecule has 0 N–H and O–H groups in total. The van der Waals surface area contributed by atoms with Crippen molar-refractivity contribution in [1.82, 2.24) is 0 Å². The van der Waals surface area contributed by atoms with Gasteiger partial charge in [-0.15, -0.1) is 0 Å². The molecule has 1 unspecified atom stereocenters. The minimum atomic E-state index is -2.48. The third-order valence-electron chi connectivity index (χ3n) is 7.41. The van der Waals surface area contributed by atoms with Gasteiger partial charge in [0.25, 0.3) is 0 Å². The number of unbranched alkanes of at least 4 members (excludes halogenated alkanes) is 2. The van der Waals surface area contributed by atoms with Gasteiger partial charge in [0.2, 0.25) is 0 Å². The molecule has 0 heterocycles. The van der Waals surface area contributed by atoms with Gasteiger partial charge in [-0.05, 0) is 97.3 Å². The fourth-order valence-corrected chi connectivity index (χ4v) is 30.4. The summed E-state index contributed by atoms with van der Waals surface area (Å²) in [4.78, 5) is 12.2. The van der Waals surface area contributed by atoms with E-state index in [4.69, 9.17) is 30.7 Å². The standard InChI is InChI=1S/C32H74NO8Si5.BrH/c1-17-19-22-33(5,6)23-25-36-29-31(37-32(34)30(3)4)28-35-24-21-27-43(9,10)39-45(13,14)41-46(15,16)40-44(11,12)38-42(7,8)26-20-18-2;/h31H,3,17-29H2,1-2,4-16H3;1H/q+1;/p-1. The first-order chi connectivity index (χ1) is 20.9. The highest BCUT2D eigenvalue weighted by molar-refractivity contribution is 6.90. The van der Waals surface area contributed by atoms with Gasteiger partial charge < -0.3 is 52.1 Å². The van der Waals surface area contributed by atoms with Crippen molar-refractivity contribution in [1.29, 1.82) is 0 Å². The van der Waals surface area contributed by atoms with Crippen LogP contribution in [0, 0.1) is 0 Å². The van der Waals surface area contributed by atoms with Gasteiger partial charge in [-0.25, -0.2) is 4.79 Å². The first kappa shape index (κ1) is 49.6. The molecule has 0 aliphatic heterocycles. The van der Waals surface area contributed by atoms with Gasteiger partial charge in [0.1, 0.15) is 12.6 Å². The molecule has 0 aromatic heterocycles. The molecule has 0 aliphatic rings. The van der Waals surface area contributed by atoms with Crippen molar-refractivity contribution < 1.29 is 56.9 Å². The summed E-state index contributed by atoms with van der Waals surface area (Å²) in [5, 5.41) is 0. The van der Waals surface area contributed by atoms with Gasteiger partial charge in [0, 0.05) is 12.2 Å². The molecule has 0 amide bonds. The zero-order valence-electron chi connectivity index (χ0n) is 33.1. The summed E-state index contributed by atoms with van der Waals surface area (Å²) in [5.74, 6) is -0.416. The number of nitrogens with zero attached hydrogens (tertiary/aromatic N) is 1. The zero-order chi connectivity index (χ0) is 35.9. The summed E-state index contributed by atoms with van der Waals surface area (Å²) in [6.07, 6.45) is 5.15. The molecule has 0 bridgehead atoms. The molecule has 0 fully saturated rings. The molecule has 9 nitrogen and oxygen atoms in total. The van der Waals surface area contributed by atoms with Crippen LogP contribution in [-0.2, 0) is 35.5 Å². The van der Waals surface area contributed by atoms with E-state index in [0.717, 1.165) is 36.1 Å². The zero-order valence-corrected chi connectivity index (χ0v) is 39.7. The summed E-state index contributed by atoms with van der Waals surface area (Å²) in [6.45, 7) is 35.5. The highest BCUT2D eigenvalue weighted by Gasteiger charge is 2.45. The van der Waals surface area contributed by atoms with Crippen LogP contribution < -0.4 is 17.0 Å². The van der Waals surface area contributed by atoms with Crippen LogP contribution >= 0.6 is 0 Å². The molecule has 47 heavy (non-hydrogen) atoms. The Labute approximate surface area is 306 Å². The van der Waals surface area contributed by atoms with Crippen LogP contribution in [0.1, 0.15) is 52.9 Å². The Morgan fingerprint density at radius 1 is 0.660 bits per heavy atom. The molecule has 0 aromatic carbocycles. The summed E-state index contributed by atoms with van der Waals surface area (Å²) in [5.41, 5.74) is 0.369. The number of ether oxygens (including phenoxy) is 3. The molecule has 282 valence electrons. The number of halogens is 1. The van der Waals surface area contributed by atoms with E-state index in [2.05, 4.69) is 100.0 Å². The Balaban J connectivity index is 0. The molecule has 0 aliphatic carbocycles. The average Bonchev–Trinajstić information content (AvgIpc) is 2.85. The molecule has 0 saturated carbocycles. The predicted octanol–water partition coefficient (Wildman–Crippen LogP) is 5.16. The van der Waals surface area contributed by atoms with Crippen molar-refractivity contribution in [3.63, 3.8) is 0 Å². The summed E-state index contributed by atoms with van der Waals surface area (Å²) >= 11 is 0. The van der Waals surface area contributed by atoms with E-state index in [1.807, 2.05) is 0 Å². The number of hydrogen-bond donors (Lipinski definition) is 0. The molecule has 0 aromatic rings. The lowest BCUT2D eigenvalue weighted by atomic mass is 10.3. The average molecular weight is 821 g/mol. The third-order valence-corrected chi connectivity index (χ3v) is 26.7. The maximum Gasteiger partial charge on any atom is 0.333 e. The van der Waals surface area contributed by atoms with E-state index in [1.165, 1.54) is 25.7 Å². The molecule has 1 atom stereocenters. The van der Waals surface area contributed by atoms with E-state index < -0.39 is 54.4 Å². The van der Waals surface area contributed by atoms with E-state index in [-0.39, 0.29) is 23.6 Å². The highest BCUT2D eigenvalue weighted by atomic mass is 79.9. The number of esters is 1. The molecule has 0 radical (unpaired) electrons. The third kappa shape index (κ3) is 26.0. The quantitative estimate of drug-likeness (QED) is 0.0370. The number of carbonyl (C=O) groups excluding carboxylic acids is 1. The fourth-order valence-electron chi connectivity index (χ4n) is 5.69. The molecular weight excluding hydrogens is 747 g/mol. The Bertz CT molecular complexity index is 907. The van der Waals surface area contributed by atoms with Crippen molar-refractivity contribution in [3.8, 4) is 0 Å². The Hall–Kier alpha value is 0.494. The molecular formula is C32H74BrNO8Si5. The molecule has 15 heteroatoms. The fraction of sp³-hybridized carbons (Fsp3) is 0.906. The minimum Gasteiger partial charge on any atom is -1.00 e. The lowest BCUT2D eigenvalue weighted by Gasteiger charge is -2.42.